The molecule has 2 heterocycles. The Kier molecular flexibility index (Phi) is 6.87. The number of hydrazine groups is 1. The second-order valence-electron chi connectivity index (χ2n) is 6.56. The summed E-state index contributed by atoms with van der Waals surface area (Å²) < 4.78 is 1.61. The second kappa shape index (κ2) is 9.42. The lowest BCUT2D eigenvalue weighted by atomic mass is 10.1. The molecule has 3 rings (SSSR count). The van der Waals surface area contributed by atoms with Gasteiger partial charge in [-0.25, -0.2) is 15.1 Å². The van der Waals surface area contributed by atoms with Crippen LogP contribution < -0.4 is 10.7 Å². The summed E-state index contributed by atoms with van der Waals surface area (Å²) in [5.74, 6) is -0.961. The molecule has 2 amide bonds. The molecule has 1 aromatic carbocycles. The Morgan fingerprint density at radius 1 is 1.31 bits per heavy atom. The monoisotopic (exact) mass is 521 g/mol. The van der Waals surface area contributed by atoms with Crippen LogP contribution in [0.1, 0.15) is 26.4 Å². The van der Waals surface area contributed by atoms with Crippen molar-refractivity contribution in [3.8, 4) is 5.82 Å². The van der Waals surface area contributed by atoms with Gasteiger partial charge in [-0.2, -0.15) is 5.10 Å². The van der Waals surface area contributed by atoms with Gasteiger partial charge in [-0.05, 0) is 40.5 Å². The van der Waals surface area contributed by atoms with Gasteiger partial charge in [-0.15, -0.1) is 0 Å². The van der Waals surface area contributed by atoms with Crippen molar-refractivity contribution >= 4 is 50.7 Å². The molecule has 166 valence electrons. The molecule has 0 radical (unpaired) electrons. The number of amides is 2. The van der Waals surface area contributed by atoms with Crippen LogP contribution in [0, 0.1) is 17.0 Å². The number of halogens is 2. The third kappa shape index (κ3) is 4.61. The van der Waals surface area contributed by atoms with Crippen LogP contribution >= 0.6 is 27.5 Å². The summed E-state index contributed by atoms with van der Waals surface area (Å²) in [4.78, 5) is 40.9. The van der Waals surface area contributed by atoms with Crippen molar-refractivity contribution in [1.29, 1.82) is 0 Å². The van der Waals surface area contributed by atoms with Gasteiger partial charge in [0.25, 0.3) is 17.5 Å². The summed E-state index contributed by atoms with van der Waals surface area (Å²) in [6.45, 7) is 1.56. The predicted octanol–water partition coefficient (Wildman–Crippen LogP) is 3.36. The van der Waals surface area contributed by atoms with Crippen LogP contribution in [-0.4, -0.2) is 50.6 Å². The molecular formula is C19H17BrClN7O4. The van der Waals surface area contributed by atoms with E-state index in [9.17, 15) is 19.7 Å². The summed E-state index contributed by atoms with van der Waals surface area (Å²) in [6.07, 6.45) is 1.50. The molecule has 0 spiro atoms. The van der Waals surface area contributed by atoms with E-state index in [4.69, 9.17) is 11.6 Å². The number of non-ortho nitro benzene ring substituents is 1. The van der Waals surface area contributed by atoms with Gasteiger partial charge in [0.2, 0.25) is 0 Å². The second-order valence-corrected chi connectivity index (χ2v) is 7.78. The Morgan fingerprint density at radius 3 is 2.66 bits per heavy atom. The summed E-state index contributed by atoms with van der Waals surface area (Å²) in [6, 6.07) is 7.09. The minimum atomic E-state index is -0.622. The van der Waals surface area contributed by atoms with E-state index in [1.807, 2.05) is 0 Å². The van der Waals surface area contributed by atoms with Crippen LogP contribution in [0.25, 0.3) is 5.82 Å². The maximum Gasteiger partial charge on any atom is 0.274 e. The molecule has 0 unspecified atom stereocenters. The van der Waals surface area contributed by atoms with Gasteiger partial charge >= 0.3 is 0 Å². The van der Waals surface area contributed by atoms with E-state index in [0.29, 0.717) is 10.2 Å². The molecule has 0 saturated carbocycles. The SMILES string of the molecule is CNN(C)C(=O)c1cc([N+](=O)[O-])cc(C)c1NC(=O)c1cc(Br)nn1-c1ncccc1Cl. The van der Waals surface area contributed by atoms with Gasteiger partial charge in [-0.1, -0.05) is 11.6 Å². The minimum Gasteiger partial charge on any atom is -0.320 e. The third-order valence-corrected chi connectivity index (χ3v) is 5.17. The molecular weight excluding hydrogens is 506 g/mol. The van der Waals surface area contributed by atoms with E-state index in [-0.39, 0.29) is 33.5 Å². The van der Waals surface area contributed by atoms with E-state index in [1.54, 1.807) is 19.1 Å². The summed E-state index contributed by atoms with van der Waals surface area (Å²) in [5.41, 5.74) is 2.85. The van der Waals surface area contributed by atoms with Gasteiger partial charge in [-0.3, -0.25) is 24.7 Å². The van der Waals surface area contributed by atoms with Crippen LogP contribution in [0.3, 0.4) is 0 Å². The quantitative estimate of drug-likeness (QED) is 0.374. The number of aryl methyl sites for hydroxylation is 1. The Morgan fingerprint density at radius 2 is 2.03 bits per heavy atom. The molecule has 0 fully saturated rings. The number of carbonyl (C=O) groups is 2. The van der Waals surface area contributed by atoms with Crippen molar-refractivity contribution in [3.05, 3.63) is 73.1 Å². The van der Waals surface area contributed by atoms with Crippen molar-refractivity contribution in [2.75, 3.05) is 19.4 Å². The number of nitrogens with zero attached hydrogens (tertiary/aromatic N) is 5. The number of hydrogen-bond donors (Lipinski definition) is 2. The van der Waals surface area contributed by atoms with Crippen molar-refractivity contribution in [1.82, 2.24) is 25.2 Å². The number of carbonyl (C=O) groups excluding carboxylic acids is 2. The molecule has 0 atom stereocenters. The molecule has 3 aromatic rings. The molecule has 0 saturated heterocycles. The fraction of sp³-hybridized carbons (Fsp3) is 0.158. The van der Waals surface area contributed by atoms with E-state index in [2.05, 4.69) is 36.8 Å². The van der Waals surface area contributed by atoms with Crippen LogP contribution in [0.5, 0.6) is 0 Å². The first-order valence-electron chi connectivity index (χ1n) is 9.06. The lowest BCUT2D eigenvalue weighted by Crippen LogP contribution is -2.37. The van der Waals surface area contributed by atoms with Gasteiger partial charge in [0.05, 0.1) is 21.2 Å². The Bertz CT molecular complexity index is 1230. The lowest BCUT2D eigenvalue weighted by Gasteiger charge is -2.19. The Balaban J connectivity index is 2.08. The lowest BCUT2D eigenvalue weighted by molar-refractivity contribution is -0.384. The summed E-state index contributed by atoms with van der Waals surface area (Å²) in [7, 11) is 2.98. The highest BCUT2D eigenvalue weighted by Gasteiger charge is 2.25. The highest BCUT2D eigenvalue weighted by Crippen LogP contribution is 2.29. The fourth-order valence-electron chi connectivity index (χ4n) is 2.88. The summed E-state index contributed by atoms with van der Waals surface area (Å²) >= 11 is 9.44. The van der Waals surface area contributed by atoms with Crippen LogP contribution in [0.4, 0.5) is 11.4 Å². The smallest absolute Gasteiger partial charge is 0.274 e. The largest absolute Gasteiger partial charge is 0.320 e. The highest BCUT2D eigenvalue weighted by atomic mass is 79.9. The molecule has 0 aliphatic rings. The van der Waals surface area contributed by atoms with Gasteiger partial charge in [0.1, 0.15) is 10.3 Å². The van der Waals surface area contributed by atoms with Crippen LogP contribution in [-0.2, 0) is 0 Å². The Hall–Kier alpha value is -3.35. The van der Waals surface area contributed by atoms with Crippen molar-refractivity contribution in [2.24, 2.45) is 0 Å². The first-order valence-corrected chi connectivity index (χ1v) is 10.2. The van der Waals surface area contributed by atoms with Gasteiger partial charge in [0, 0.05) is 38.5 Å². The standard InChI is InChI=1S/C19H17BrClN7O4/c1-10-7-11(28(31)32)8-12(19(30)26(3)22-2)16(10)24-18(29)14-9-15(20)25-27(14)17-13(21)5-4-6-23-17/h4-9,22H,1-3H3,(H,24,29). The number of benzene rings is 1. The highest BCUT2D eigenvalue weighted by molar-refractivity contribution is 9.10. The fourth-order valence-corrected chi connectivity index (χ4v) is 3.45. The average Bonchev–Trinajstić information content (AvgIpc) is 3.15. The van der Waals surface area contributed by atoms with Crippen LogP contribution in [0.2, 0.25) is 5.02 Å². The van der Waals surface area contributed by atoms with Gasteiger partial charge < -0.3 is 5.32 Å². The zero-order valence-electron chi connectivity index (χ0n) is 17.1. The number of pyridine rings is 1. The first kappa shape index (κ1) is 23.3. The predicted molar refractivity (Wildman–Crippen MR) is 121 cm³/mol. The summed E-state index contributed by atoms with van der Waals surface area (Å²) in [5, 5.41) is 19.6. The van der Waals surface area contributed by atoms with Crippen molar-refractivity contribution in [2.45, 2.75) is 6.92 Å². The zero-order chi connectivity index (χ0) is 23.6. The van der Waals surface area contributed by atoms with Crippen molar-refractivity contribution in [3.63, 3.8) is 0 Å². The molecule has 32 heavy (non-hydrogen) atoms. The number of nitro groups is 1. The third-order valence-electron chi connectivity index (χ3n) is 4.49. The number of anilines is 1. The maximum atomic E-state index is 13.2. The minimum absolute atomic E-state index is 0.0529. The number of nitrogens with one attached hydrogen (secondary N) is 2. The maximum absolute atomic E-state index is 13.2. The number of nitro benzene ring substituents is 1. The normalized spacial score (nSPS) is 10.7. The van der Waals surface area contributed by atoms with E-state index in [0.717, 1.165) is 11.1 Å². The zero-order valence-corrected chi connectivity index (χ0v) is 19.4. The topological polar surface area (TPSA) is 135 Å². The number of rotatable bonds is 6. The molecule has 11 nitrogen and oxygen atoms in total. The van der Waals surface area contributed by atoms with Gasteiger partial charge in [0.15, 0.2) is 5.82 Å². The molecule has 13 heteroatoms. The molecule has 0 aliphatic carbocycles. The van der Waals surface area contributed by atoms with Crippen LogP contribution in [0.15, 0.2) is 41.1 Å². The van der Waals surface area contributed by atoms with E-state index >= 15 is 0 Å². The molecule has 2 aromatic heterocycles. The number of aromatic nitrogens is 3. The molecule has 0 aliphatic heterocycles. The Labute approximate surface area is 195 Å². The van der Waals surface area contributed by atoms with E-state index in [1.165, 1.54) is 37.1 Å². The average molecular weight is 523 g/mol. The molecule has 2 N–H and O–H groups in total. The number of hydrogen-bond acceptors (Lipinski definition) is 7. The van der Waals surface area contributed by atoms with E-state index < -0.39 is 16.7 Å². The molecule has 0 bridgehead atoms. The first-order chi connectivity index (χ1) is 15.1. The van der Waals surface area contributed by atoms with Crippen molar-refractivity contribution < 1.29 is 14.5 Å².